The molecule has 4 heteroatoms. The highest BCUT2D eigenvalue weighted by Crippen LogP contribution is 2.23. The number of esters is 1. The van der Waals surface area contributed by atoms with Gasteiger partial charge in [-0.3, -0.25) is 4.79 Å². The van der Waals surface area contributed by atoms with Gasteiger partial charge in [0.2, 0.25) is 0 Å². The standard InChI is InChI=1S/C17H26O4/c1-13(2)21-17-8-7-15(12-16(17)9-10-18)6-4-5-11-20-14(3)19/h7-8,12-13,18H,4-6,9-11H2,1-3H3. The first-order chi connectivity index (χ1) is 10.0. The van der Waals surface area contributed by atoms with E-state index in [-0.39, 0.29) is 18.7 Å². The summed E-state index contributed by atoms with van der Waals surface area (Å²) in [7, 11) is 0. The van der Waals surface area contributed by atoms with Crippen LogP contribution in [0.2, 0.25) is 0 Å². The Morgan fingerprint density at radius 1 is 1.24 bits per heavy atom. The van der Waals surface area contributed by atoms with E-state index < -0.39 is 0 Å². The van der Waals surface area contributed by atoms with E-state index >= 15 is 0 Å². The second-order valence-electron chi connectivity index (χ2n) is 5.38. The molecule has 1 aromatic rings. The molecule has 1 N–H and O–H groups in total. The van der Waals surface area contributed by atoms with Crippen LogP contribution in [0.1, 0.15) is 44.7 Å². The van der Waals surface area contributed by atoms with E-state index in [9.17, 15) is 4.79 Å². The molecule has 0 fully saturated rings. The first kappa shape index (κ1) is 17.5. The quantitative estimate of drug-likeness (QED) is 0.562. The lowest BCUT2D eigenvalue weighted by Crippen LogP contribution is -2.08. The van der Waals surface area contributed by atoms with Gasteiger partial charge in [-0.1, -0.05) is 12.1 Å². The summed E-state index contributed by atoms with van der Waals surface area (Å²) in [5, 5.41) is 9.16. The van der Waals surface area contributed by atoms with Crippen molar-refractivity contribution < 1.29 is 19.4 Å². The van der Waals surface area contributed by atoms with Crippen LogP contribution in [0.3, 0.4) is 0 Å². The lowest BCUT2D eigenvalue weighted by atomic mass is 10.0. The number of aryl methyl sites for hydroxylation is 1. The van der Waals surface area contributed by atoms with Crippen molar-refractivity contribution in [1.29, 1.82) is 0 Å². The molecule has 1 rings (SSSR count). The molecule has 0 heterocycles. The number of ether oxygens (including phenoxy) is 2. The van der Waals surface area contributed by atoms with E-state index in [0.29, 0.717) is 13.0 Å². The molecule has 0 spiro atoms. The number of unbranched alkanes of at least 4 members (excludes halogenated alkanes) is 1. The Kier molecular flexibility index (Phi) is 7.83. The Hall–Kier alpha value is -1.55. The second kappa shape index (κ2) is 9.40. The predicted molar refractivity (Wildman–Crippen MR) is 82.6 cm³/mol. The number of carbonyl (C=O) groups excluding carboxylic acids is 1. The van der Waals surface area contributed by atoms with Crippen molar-refractivity contribution in [3.63, 3.8) is 0 Å². The van der Waals surface area contributed by atoms with Gasteiger partial charge < -0.3 is 14.6 Å². The lowest BCUT2D eigenvalue weighted by Gasteiger charge is -2.15. The molecular weight excluding hydrogens is 268 g/mol. The third kappa shape index (κ3) is 7.14. The number of hydrogen-bond donors (Lipinski definition) is 1. The smallest absolute Gasteiger partial charge is 0.302 e. The number of aliphatic hydroxyl groups excluding tert-OH is 1. The molecule has 0 bridgehead atoms. The van der Waals surface area contributed by atoms with Crippen LogP contribution < -0.4 is 4.74 Å². The van der Waals surface area contributed by atoms with Gasteiger partial charge in [-0.05, 0) is 56.7 Å². The third-order valence-corrected chi connectivity index (χ3v) is 3.03. The second-order valence-corrected chi connectivity index (χ2v) is 5.38. The predicted octanol–water partition coefficient (Wildman–Crippen LogP) is 2.89. The summed E-state index contributed by atoms with van der Waals surface area (Å²) in [5.41, 5.74) is 2.26. The van der Waals surface area contributed by atoms with Gasteiger partial charge in [0.15, 0.2) is 0 Å². The van der Waals surface area contributed by atoms with Crippen LogP contribution in [0.4, 0.5) is 0 Å². The highest BCUT2D eigenvalue weighted by atomic mass is 16.5. The fourth-order valence-corrected chi connectivity index (χ4v) is 2.12. The van der Waals surface area contributed by atoms with E-state index in [0.717, 1.165) is 30.6 Å². The Morgan fingerprint density at radius 2 is 2.00 bits per heavy atom. The van der Waals surface area contributed by atoms with Crippen LogP contribution in [0.5, 0.6) is 5.75 Å². The zero-order chi connectivity index (χ0) is 15.7. The van der Waals surface area contributed by atoms with Crippen molar-refractivity contribution in [3.8, 4) is 5.75 Å². The number of rotatable bonds is 9. The topological polar surface area (TPSA) is 55.8 Å². The molecule has 0 saturated heterocycles. The molecule has 1 aromatic carbocycles. The number of benzene rings is 1. The van der Waals surface area contributed by atoms with Crippen LogP contribution in [-0.2, 0) is 22.4 Å². The maximum atomic E-state index is 10.7. The third-order valence-electron chi connectivity index (χ3n) is 3.03. The zero-order valence-corrected chi connectivity index (χ0v) is 13.2. The van der Waals surface area contributed by atoms with Crippen molar-refractivity contribution in [2.45, 2.75) is 52.6 Å². The van der Waals surface area contributed by atoms with Gasteiger partial charge in [0.05, 0.1) is 12.7 Å². The Morgan fingerprint density at radius 3 is 2.62 bits per heavy atom. The van der Waals surface area contributed by atoms with Crippen LogP contribution in [-0.4, -0.2) is 30.4 Å². The lowest BCUT2D eigenvalue weighted by molar-refractivity contribution is -0.141. The highest BCUT2D eigenvalue weighted by Gasteiger charge is 2.07. The number of aliphatic hydroxyl groups is 1. The molecule has 0 aliphatic rings. The molecule has 0 unspecified atom stereocenters. The zero-order valence-electron chi connectivity index (χ0n) is 13.2. The minimum atomic E-state index is -0.226. The molecule has 4 nitrogen and oxygen atoms in total. The van der Waals surface area contributed by atoms with Crippen LogP contribution in [0.25, 0.3) is 0 Å². The van der Waals surface area contributed by atoms with E-state index in [1.165, 1.54) is 12.5 Å². The molecule has 0 saturated carbocycles. The number of hydrogen-bond acceptors (Lipinski definition) is 4. The van der Waals surface area contributed by atoms with Gasteiger partial charge in [-0.2, -0.15) is 0 Å². The molecular formula is C17H26O4. The molecule has 21 heavy (non-hydrogen) atoms. The molecule has 118 valence electrons. The van der Waals surface area contributed by atoms with Gasteiger partial charge in [-0.15, -0.1) is 0 Å². The van der Waals surface area contributed by atoms with Gasteiger partial charge in [0.25, 0.3) is 0 Å². The van der Waals surface area contributed by atoms with Crippen LogP contribution in [0, 0.1) is 0 Å². The summed E-state index contributed by atoms with van der Waals surface area (Å²) in [5.74, 6) is 0.623. The van der Waals surface area contributed by atoms with Crippen molar-refractivity contribution in [1.82, 2.24) is 0 Å². The summed E-state index contributed by atoms with van der Waals surface area (Å²) < 4.78 is 10.7. The Labute approximate surface area is 127 Å². The van der Waals surface area contributed by atoms with Gasteiger partial charge in [0.1, 0.15) is 5.75 Å². The van der Waals surface area contributed by atoms with Crippen LogP contribution in [0.15, 0.2) is 18.2 Å². The van der Waals surface area contributed by atoms with Crippen LogP contribution >= 0.6 is 0 Å². The summed E-state index contributed by atoms with van der Waals surface area (Å²) in [6, 6.07) is 6.14. The van der Waals surface area contributed by atoms with Gasteiger partial charge in [-0.25, -0.2) is 0 Å². The Bertz CT molecular complexity index is 440. The number of carbonyl (C=O) groups is 1. The summed E-state index contributed by atoms with van der Waals surface area (Å²) >= 11 is 0. The van der Waals surface area contributed by atoms with Crippen molar-refractivity contribution in [2.75, 3.05) is 13.2 Å². The molecule has 0 amide bonds. The first-order valence-corrected chi connectivity index (χ1v) is 7.55. The van der Waals surface area contributed by atoms with Gasteiger partial charge in [0, 0.05) is 13.5 Å². The van der Waals surface area contributed by atoms with E-state index in [4.69, 9.17) is 14.6 Å². The molecule has 0 radical (unpaired) electrons. The average Bonchev–Trinajstić information content (AvgIpc) is 2.40. The average molecular weight is 294 g/mol. The molecule has 0 aliphatic carbocycles. The van der Waals surface area contributed by atoms with Crippen molar-refractivity contribution in [2.24, 2.45) is 0 Å². The van der Waals surface area contributed by atoms with Crippen molar-refractivity contribution >= 4 is 5.97 Å². The maximum absolute atomic E-state index is 10.7. The maximum Gasteiger partial charge on any atom is 0.302 e. The summed E-state index contributed by atoms with van der Waals surface area (Å²) in [4.78, 5) is 10.7. The highest BCUT2D eigenvalue weighted by molar-refractivity contribution is 5.65. The van der Waals surface area contributed by atoms with E-state index in [2.05, 4.69) is 12.1 Å². The molecule has 0 aromatic heterocycles. The Balaban J connectivity index is 2.54. The fourth-order valence-electron chi connectivity index (χ4n) is 2.12. The fraction of sp³-hybridized carbons (Fsp3) is 0.588. The molecule has 0 aliphatic heterocycles. The first-order valence-electron chi connectivity index (χ1n) is 7.55. The monoisotopic (exact) mass is 294 g/mol. The normalized spacial score (nSPS) is 10.7. The summed E-state index contributed by atoms with van der Waals surface area (Å²) in [6.07, 6.45) is 3.48. The molecule has 0 atom stereocenters. The van der Waals surface area contributed by atoms with Gasteiger partial charge >= 0.3 is 5.97 Å². The SMILES string of the molecule is CC(=O)OCCCCc1ccc(OC(C)C)c(CCO)c1. The van der Waals surface area contributed by atoms with E-state index in [1.54, 1.807) is 0 Å². The summed E-state index contributed by atoms with van der Waals surface area (Å²) in [6.45, 7) is 6.00. The van der Waals surface area contributed by atoms with E-state index in [1.807, 2.05) is 19.9 Å². The minimum absolute atomic E-state index is 0.115. The minimum Gasteiger partial charge on any atom is -0.491 e. The largest absolute Gasteiger partial charge is 0.491 e. The van der Waals surface area contributed by atoms with Crippen molar-refractivity contribution in [3.05, 3.63) is 29.3 Å².